The molecule has 0 saturated carbocycles. The highest BCUT2D eigenvalue weighted by molar-refractivity contribution is 7.80. The molecule has 4 rings (SSSR count). The fourth-order valence-corrected chi connectivity index (χ4v) is 3.87. The first-order valence-electron chi connectivity index (χ1n) is 9.11. The Morgan fingerprint density at radius 3 is 2.79 bits per heavy atom. The van der Waals surface area contributed by atoms with E-state index in [-0.39, 0.29) is 24.3 Å². The van der Waals surface area contributed by atoms with Crippen LogP contribution in [-0.4, -0.2) is 44.3 Å². The van der Waals surface area contributed by atoms with Gasteiger partial charge in [-0.3, -0.25) is 4.98 Å². The number of carboxylic acid groups (broad SMARTS) is 1. The van der Waals surface area contributed by atoms with E-state index in [1.54, 1.807) is 24.4 Å². The molecule has 1 aromatic carbocycles. The molecule has 3 heterocycles. The number of aliphatic hydroxyl groups excluding tert-OH is 1. The number of pyridine rings is 1. The second kappa shape index (κ2) is 8.02. The minimum absolute atomic E-state index is 0.0541. The fraction of sp³-hybridized carbons (Fsp3) is 0.190. The number of thiocarbonyl (C=S) groups is 1. The number of rotatable bonds is 6. The Bertz CT molecular complexity index is 1040. The van der Waals surface area contributed by atoms with E-state index in [0.29, 0.717) is 28.7 Å². The molecule has 0 amide bonds. The maximum absolute atomic E-state index is 11.3. The van der Waals surface area contributed by atoms with Gasteiger partial charge in [0.15, 0.2) is 5.11 Å². The third-order valence-corrected chi connectivity index (χ3v) is 5.20. The Balaban J connectivity index is 1.72. The van der Waals surface area contributed by atoms with Crippen molar-refractivity contribution in [2.45, 2.75) is 12.1 Å². The number of nitrogens with one attached hydrogen (secondary N) is 1. The van der Waals surface area contributed by atoms with E-state index in [9.17, 15) is 15.0 Å². The zero-order chi connectivity index (χ0) is 20.4. The number of benzene rings is 1. The van der Waals surface area contributed by atoms with Crippen molar-refractivity contribution < 1.29 is 19.4 Å². The SMILES string of the molecule is O=C(O)c1cccc(-c2ccc([C@@H]3[C@@H](c4ccccn4)NC(=S)N3CCO)o2)c1. The fourth-order valence-electron chi connectivity index (χ4n) is 3.54. The summed E-state index contributed by atoms with van der Waals surface area (Å²) in [6, 6.07) is 15.4. The van der Waals surface area contributed by atoms with Gasteiger partial charge in [-0.1, -0.05) is 18.2 Å². The van der Waals surface area contributed by atoms with Crippen LogP contribution in [0.4, 0.5) is 0 Å². The monoisotopic (exact) mass is 409 g/mol. The van der Waals surface area contributed by atoms with Crippen LogP contribution in [0.25, 0.3) is 11.3 Å². The van der Waals surface area contributed by atoms with Crippen LogP contribution in [0.2, 0.25) is 0 Å². The Morgan fingerprint density at radius 1 is 1.21 bits per heavy atom. The molecule has 3 aromatic rings. The molecule has 0 spiro atoms. The van der Waals surface area contributed by atoms with Gasteiger partial charge >= 0.3 is 5.97 Å². The third-order valence-electron chi connectivity index (χ3n) is 4.85. The van der Waals surface area contributed by atoms with Crippen molar-refractivity contribution in [1.82, 2.24) is 15.2 Å². The van der Waals surface area contributed by atoms with Gasteiger partial charge in [-0.15, -0.1) is 0 Å². The summed E-state index contributed by atoms with van der Waals surface area (Å²) < 4.78 is 6.12. The lowest BCUT2D eigenvalue weighted by atomic mass is 10.0. The van der Waals surface area contributed by atoms with Gasteiger partial charge in [0.05, 0.1) is 23.9 Å². The molecule has 0 radical (unpaired) electrons. The van der Waals surface area contributed by atoms with E-state index < -0.39 is 5.97 Å². The van der Waals surface area contributed by atoms with Crippen LogP contribution in [0.1, 0.15) is 33.9 Å². The molecule has 1 aliphatic rings. The van der Waals surface area contributed by atoms with Crippen molar-refractivity contribution in [2.75, 3.05) is 13.2 Å². The van der Waals surface area contributed by atoms with Gasteiger partial charge < -0.3 is 24.8 Å². The molecule has 8 heteroatoms. The average Bonchev–Trinajstić information content (AvgIpc) is 3.34. The zero-order valence-electron chi connectivity index (χ0n) is 15.4. The average molecular weight is 409 g/mol. The number of aromatic nitrogens is 1. The minimum Gasteiger partial charge on any atom is -0.478 e. The molecule has 29 heavy (non-hydrogen) atoms. The zero-order valence-corrected chi connectivity index (χ0v) is 16.2. The van der Waals surface area contributed by atoms with Crippen molar-refractivity contribution in [2.24, 2.45) is 0 Å². The van der Waals surface area contributed by atoms with E-state index in [1.807, 2.05) is 35.2 Å². The number of hydrogen-bond acceptors (Lipinski definition) is 5. The molecule has 2 aromatic heterocycles. The molecule has 0 bridgehead atoms. The van der Waals surface area contributed by atoms with E-state index in [0.717, 1.165) is 5.69 Å². The van der Waals surface area contributed by atoms with Crippen molar-refractivity contribution >= 4 is 23.3 Å². The van der Waals surface area contributed by atoms with Gasteiger partial charge in [0.2, 0.25) is 0 Å². The first-order chi connectivity index (χ1) is 14.1. The van der Waals surface area contributed by atoms with E-state index in [2.05, 4.69) is 10.3 Å². The van der Waals surface area contributed by atoms with Crippen molar-refractivity contribution in [3.63, 3.8) is 0 Å². The summed E-state index contributed by atoms with van der Waals surface area (Å²) in [7, 11) is 0. The summed E-state index contributed by atoms with van der Waals surface area (Å²) in [6.07, 6.45) is 1.72. The van der Waals surface area contributed by atoms with Crippen LogP contribution in [0.5, 0.6) is 0 Å². The highest BCUT2D eigenvalue weighted by Crippen LogP contribution is 2.40. The van der Waals surface area contributed by atoms with Crippen molar-refractivity contribution in [3.05, 3.63) is 77.8 Å². The molecule has 1 fully saturated rings. The van der Waals surface area contributed by atoms with Crippen LogP contribution in [-0.2, 0) is 0 Å². The molecular weight excluding hydrogens is 390 g/mol. The second-order valence-electron chi connectivity index (χ2n) is 6.63. The summed E-state index contributed by atoms with van der Waals surface area (Å²) in [5, 5.41) is 22.5. The van der Waals surface area contributed by atoms with Crippen LogP contribution in [0, 0.1) is 0 Å². The molecule has 3 N–H and O–H groups in total. The van der Waals surface area contributed by atoms with E-state index >= 15 is 0 Å². The van der Waals surface area contributed by atoms with Gasteiger partial charge in [-0.2, -0.15) is 0 Å². The maximum Gasteiger partial charge on any atom is 0.335 e. The summed E-state index contributed by atoms with van der Waals surface area (Å²) in [6.45, 7) is 0.297. The number of hydrogen-bond donors (Lipinski definition) is 3. The summed E-state index contributed by atoms with van der Waals surface area (Å²) in [5.74, 6) is 0.218. The van der Waals surface area contributed by atoms with E-state index in [4.69, 9.17) is 16.6 Å². The van der Waals surface area contributed by atoms with Gasteiger partial charge in [0.25, 0.3) is 0 Å². The van der Waals surface area contributed by atoms with Crippen LogP contribution in [0.15, 0.2) is 65.2 Å². The van der Waals surface area contributed by atoms with Gasteiger partial charge in [0, 0.05) is 18.3 Å². The van der Waals surface area contributed by atoms with Crippen LogP contribution in [0.3, 0.4) is 0 Å². The molecule has 0 aliphatic carbocycles. The Kier molecular flexibility index (Phi) is 5.28. The number of furan rings is 1. The Morgan fingerprint density at radius 2 is 2.07 bits per heavy atom. The largest absolute Gasteiger partial charge is 0.478 e. The highest BCUT2D eigenvalue weighted by atomic mass is 32.1. The first kappa shape index (κ1) is 19.1. The molecule has 1 saturated heterocycles. The topological polar surface area (TPSA) is 98.8 Å². The highest BCUT2D eigenvalue weighted by Gasteiger charge is 2.41. The van der Waals surface area contributed by atoms with Crippen LogP contribution < -0.4 is 5.32 Å². The first-order valence-corrected chi connectivity index (χ1v) is 9.51. The molecule has 2 atom stereocenters. The number of carboxylic acids is 1. The second-order valence-corrected chi connectivity index (χ2v) is 7.02. The quantitative estimate of drug-likeness (QED) is 0.535. The number of nitrogens with zero attached hydrogens (tertiary/aromatic N) is 2. The number of carbonyl (C=O) groups is 1. The predicted octanol–water partition coefficient (Wildman–Crippen LogP) is 3.00. The summed E-state index contributed by atoms with van der Waals surface area (Å²) >= 11 is 5.48. The lowest BCUT2D eigenvalue weighted by molar-refractivity contribution is 0.0697. The predicted molar refractivity (Wildman–Crippen MR) is 110 cm³/mol. The van der Waals surface area contributed by atoms with Gasteiger partial charge in [-0.25, -0.2) is 4.79 Å². The molecule has 148 valence electrons. The normalized spacial score (nSPS) is 18.7. The van der Waals surface area contributed by atoms with Crippen molar-refractivity contribution in [1.29, 1.82) is 0 Å². The van der Waals surface area contributed by atoms with Gasteiger partial charge in [-0.05, 0) is 48.6 Å². The molecule has 7 nitrogen and oxygen atoms in total. The molecule has 0 unspecified atom stereocenters. The molecule has 1 aliphatic heterocycles. The summed E-state index contributed by atoms with van der Waals surface area (Å²) in [4.78, 5) is 17.6. The lowest BCUT2D eigenvalue weighted by Crippen LogP contribution is -2.32. The number of aliphatic hydroxyl groups is 1. The van der Waals surface area contributed by atoms with E-state index in [1.165, 1.54) is 6.07 Å². The number of β-amino-alcohol motifs (C(OH)–C–C–N with tert-alkyl or cyclic N) is 1. The molecular formula is C21H19N3O4S. The smallest absolute Gasteiger partial charge is 0.335 e. The van der Waals surface area contributed by atoms with Gasteiger partial charge in [0.1, 0.15) is 17.6 Å². The summed E-state index contributed by atoms with van der Waals surface area (Å²) in [5.41, 5.74) is 1.68. The Labute approximate surface area is 172 Å². The Hall–Kier alpha value is -3.23. The lowest BCUT2D eigenvalue weighted by Gasteiger charge is -2.25. The third kappa shape index (κ3) is 3.72. The number of aromatic carboxylic acids is 1. The van der Waals surface area contributed by atoms with Crippen molar-refractivity contribution in [3.8, 4) is 11.3 Å². The standard InChI is InChI=1S/C21H19N3O4S/c25-11-10-24-19(18(23-21(24)29)15-6-1-2-9-22-15)17-8-7-16(28-17)13-4-3-5-14(12-13)20(26)27/h1-9,12,18-19,25H,10-11H2,(H,23,29)(H,26,27)/t18-,19-/m1/s1. The maximum atomic E-state index is 11.3. The van der Waals surface area contributed by atoms with Crippen LogP contribution >= 0.6 is 12.2 Å². The minimum atomic E-state index is -0.992.